The molecule has 0 aliphatic carbocycles. The Hall–Kier alpha value is -2.10. The van der Waals surface area contributed by atoms with E-state index in [1.807, 2.05) is 24.3 Å². The largest absolute Gasteiger partial charge is 0.384 e. The molecule has 0 bridgehead atoms. The molecule has 0 atom stereocenters. The van der Waals surface area contributed by atoms with Gasteiger partial charge in [-0.25, -0.2) is 4.98 Å². The number of nitrogen functional groups attached to an aromatic ring is 1. The number of nitrogens with one attached hydrogen (secondary N) is 1. The Bertz CT molecular complexity index is 442. The lowest BCUT2D eigenvalue weighted by Gasteiger charge is -2.05. The number of rotatable bonds is 4. The van der Waals surface area contributed by atoms with Crippen molar-refractivity contribution in [3.63, 3.8) is 0 Å². The fourth-order valence-electron chi connectivity index (χ4n) is 1.43. The van der Waals surface area contributed by atoms with Crippen LogP contribution < -0.4 is 11.1 Å². The average molecular weight is 214 g/mol. The van der Waals surface area contributed by atoms with Crippen LogP contribution in [0.5, 0.6) is 0 Å². The first kappa shape index (κ1) is 10.4. The maximum absolute atomic E-state index is 5.58. The van der Waals surface area contributed by atoms with Crippen molar-refractivity contribution in [3.8, 4) is 0 Å². The van der Waals surface area contributed by atoms with Crippen molar-refractivity contribution in [2.75, 3.05) is 17.6 Å². The Labute approximate surface area is 94.5 Å². The van der Waals surface area contributed by atoms with Crippen LogP contribution in [0, 0.1) is 0 Å². The van der Waals surface area contributed by atoms with Crippen LogP contribution in [-0.4, -0.2) is 16.5 Å². The Morgan fingerprint density at radius 3 is 2.69 bits per heavy atom. The van der Waals surface area contributed by atoms with E-state index in [1.165, 1.54) is 5.56 Å². The van der Waals surface area contributed by atoms with Crippen molar-refractivity contribution in [3.05, 3.63) is 48.3 Å². The van der Waals surface area contributed by atoms with Crippen LogP contribution >= 0.6 is 0 Å². The molecule has 0 amide bonds. The lowest BCUT2D eigenvalue weighted by atomic mass is 10.2. The van der Waals surface area contributed by atoms with Crippen LogP contribution in [0.25, 0.3) is 0 Å². The minimum atomic E-state index is 0.536. The van der Waals surface area contributed by atoms with Crippen molar-refractivity contribution in [1.82, 2.24) is 9.97 Å². The van der Waals surface area contributed by atoms with E-state index in [9.17, 15) is 0 Å². The maximum Gasteiger partial charge on any atom is 0.128 e. The Morgan fingerprint density at radius 2 is 1.94 bits per heavy atom. The van der Waals surface area contributed by atoms with Gasteiger partial charge in [-0.15, -0.1) is 0 Å². The van der Waals surface area contributed by atoms with Gasteiger partial charge in [-0.3, -0.25) is 4.98 Å². The highest BCUT2D eigenvalue weighted by molar-refractivity contribution is 5.42. The van der Waals surface area contributed by atoms with E-state index in [0.717, 1.165) is 18.8 Å². The fourth-order valence-corrected chi connectivity index (χ4v) is 1.43. The smallest absolute Gasteiger partial charge is 0.128 e. The van der Waals surface area contributed by atoms with E-state index in [0.29, 0.717) is 5.82 Å². The summed E-state index contributed by atoms with van der Waals surface area (Å²) in [6.45, 7) is 0.834. The summed E-state index contributed by atoms with van der Waals surface area (Å²) in [6.07, 6.45) is 4.54. The number of aromatic nitrogens is 2. The van der Waals surface area contributed by atoms with E-state index >= 15 is 0 Å². The van der Waals surface area contributed by atoms with Crippen LogP contribution in [-0.2, 0) is 6.42 Å². The van der Waals surface area contributed by atoms with Gasteiger partial charge in [0.05, 0.1) is 0 Å². The molecule has 16 heavy (non-hydrogen) atoms. The normalized spacial score (nSPS) is 10.0. The predicted molar refractivity (Wildman–Crippen MR) is 65.1 cm³/mol. The summed E-state index contributed by atoms with van der Waals surface area (Å²) in [5.41, 5.74) is 6.84. The summed E-state index contributed by atoms with van der Waals surface area (Å²) in [6, 6.07) is 9.58. The Kier molecular flexibility index (Phi) is 3.33. The van der Waals surface area contributed by atoms with Gasteiger partial charge in [0, 0.05) is 18.9 Å². The third-order valence-electron chi connectivity index (χ3n) is 2.24. The van der Waals surface area contributed by atoms with E-state index in [2.05, 4.69) is 15.3 Å². The van der Waals surface area contributed by atoms with Gasteiger partial charge in [0.25, 0.3) is 0 Å². The molecule has 0 saturated carbocycles. The molecule has 0 radical (unpaired) electrons. The molecule has 0 aliphatic rings. The average Bonchev–Trinajstić information content (AvgIpc) is 2.30. The van der Waals surface area contributed by atoms with Gasteiger partial charge in [0.1, 0.15) is 11.6 Å². The SMILES string of the molecule is Nc1cccc(NCCc2ccncc2)n1. The van der Waals surface area contributed by atoms with Gasteiger partial charge in [-0.2, -0.15) is 0 Å². The summed E-state index contributed by atoms with van der Waals surface area (Å²) < 4.78 is 0. The van der Waals surface area contributed by atoms with Gasteiger partial charge < -0.3 is 11.1 Å². The monoisotopic (exact) mass is 214 g/mol. The molecule has 0 saturated heterocycles. The van der Waals surface area contributed by atoms with Crippen molar-refractivity contribution >= 4 is 11.6 Å². The Balaban J connectivity index is 1.85. The van der Waals surface area contributed by atoms with E-state index in [1.54, 1.807) is 18.5 Å². The Morgan fingerprint density at radius 1 is 1.12 bits per heavy atom. The van der Waals surface area contributed by atoms with Crippen LogP contribution in [0.1, 0.15) is 5.56 Å². The minimum Gasteiger partial charge on any atom is -0.384 e. The number of hydrogen-bond acceptors (Lipinski definition) is 4. The fraction of sp³-hybridized carbons (Fsp3) is 0.167. The van der Waals surface area contributed by atoms with E-state index in [4.69, 9.17) is 5.73 Å². The molecule has 2 aromatic heterocycles. The van der Waals surface area contributed by atoms with Gasteiger partial charge in [0.2, 0.25) is 0 Å². The van der Waals surface area contributed by atoms with E-state index < -0.39 is 0 Å². The zero-order chi connectivity index (χ0) is 11.2. The van der Waals surface area contributed by atoms with Crippen molar-refractivity contribution in [2.45, 2.75) is 6.42 Å². The quantitative estimate of drug-likeness (QED) is 0.813. The number of nitrogens with two attached hydrogens (primary N) is 1. The van der Waals surface area contributed by atoms with Crippen LogP contribution in [0.3, 0.4) is 0 Å². The summed E-state index contributed by atoms with van der Waals surface area (Å²) in [7, 11) is 0. The molecule has 4 nitrogen and oxygen atoms in total. The molecule has 4 heteroatoms. The maximum atomic E-state index is 5.58. The third-order valence-corrected chi connectivity index (χ3v) is 2.24. The second-order valence-electron chi connectivity index (χ2n) is 3.48. The van der Waals surface area contributed by atoms with Crippen LogP contribution in [0.4, 0.5) is 11.6 Å². The second-order valence-corrected chi connectivity index (χ2v) is 3.48. The molecule has 3 N–H and O–H groups in total. The van der Waals surface area contributed by atoms with Crippen LogP contribution in [0.2, 0.25) is 0 Å². The highest BCUT2D eigenvalue weighted by Gasteiger charge is 1.95. The number of hydrogen-bond donors (Lipinski definition) is 2. The van der Waals surface area contributed by atoms with Gasteiger partial charge in [0.15, 0.2) is 0 Å². The summed E-state index contributed by atoms with van der Waals surface area (Å²) in [4.78, 5) is 8.13. The number of pyridine rings is 2. The number of anilines is 2. The van der Waals surface area contributed by atoms with Gasteiger partial charge in [-0.1, -0.05) is 6.07 Å². The topological polar surface area (TPSA) is 63.8 Å². The van der Waals surface area contributed by atoms with Crippen molar-refractivity contribution < 1.29 is 0 Å². The molecule has 2 heterocycles. The molecule has 0 fully saturated rings. The minimum absolute atomic E-state index is 0.536. The number of nitrogens with zero attached hydrogens (tertiary/aromatic N) is 2. The van der Waals surface area contributed by atoms with Crippen molar-refractivity contribution in [1.29, 1.82) is 0 Å². The summed E-state index contributed by atoms with van der Waals surface area (Å²) in [5.74, 6) is 1.35. The molecule has 0 aliphatic heterocycles. The summed E-state index contributed by atoms with van der Waals surface area (Å²) in [5, 5.41) is 3.22. The highest BCUT2D eigenvalue weighted by atomic mass is 15.0. The lowest BCUT2D eigenvalue weighted by molar-refractivity contribution is 1.00. The predicted octanol–water partition coefficient (Wildman–Crippen LogP) is 1.71. The van der Waals surface area contributed by atoms with E-state index in [-0.39, 0.29) is 0 Å². The molecule has 0 aromatic carbocycles. The standard InChI is InChI=1S/C12H14N4/c13-11-2-1-3-12(16-11)15-9-6-10-4-7-14-8-5-10/h1-5,7-8H,6,9H2,(H3,13,15,16). The van der Waals surface area contributed by atoms with Gasteiger partial charge in [-0.05, 0) is 36.2 Å². The molecule has 2 rings (SSSR count). The van der Waals surface area contributed by atoms with Crippen molar-refractivity contribution in [2.24, 2.45) is 0 Å². The molecular formula is C12H14N4. The van der Waals surface area contributed by atoms with Gasteiger partial charge >= 0.3 is 0 Å². The highest BCUT2D eigenvalue weighted by Crippen LogP contribution is 2.06. The third kappa shape index (κ3) is 2.95. The molecular weight excluding hydrogens is 200 g/mol. The first-order chi connectivity index (χ1) is 7.84. The van der Waals surface area contributed by atoms with Crippen LogP contribution in [0.15, 0.2) is 42.7 Å². The zero-order valence-electron chi connectivity index (χ0n) is 8.93. The lowest BCUT2D eigenvalue weighted by Crippen LogP contribution is -2.06. The molecule has 82 valence electrons. The summed E-state index contributed by atoms with van der Waals surface area (Å²) >= 11 is 0. The molecule has 0 spiro atoms. The molecule has 2 aromatic rings. The first-order valence-corrected chi connectivity index (χ1v) is 5.20. The molecule has 0 unspecified atom stereocenters. The first-order valence-electron chi connectivity index (χ1n) is 5.20. The second kappa shape index (κ2) is 5.11. The zero-order valence-corrected chi connectivity index (χ0v) is 8.93.